The van der Waals surface area contributed by atoms with Gasteiger partial charge in [0.15, 0.2) is 0 Å². The van der Waals surface area contributed by atoms with Gasteiger partial charge >= 0.3 is 0 Å². The van der Waals surface area contributed by atoms with Crippen molar-refractivity contribution in [3.05, 3.63) is 200 Å². The van der Waals surface area contributed by atoms with Crippen molar-refractivity contribution in [3.8, 4) is 33.4 Å². The second kappa shape index (κ2) is 12.6. The Labute approximate surface area is 317 Å². The Morgan fingerprint density at radius 3 is 1.64 bits per heavy atom. The van der Waals surface area contributed by atoms with E-state index in [0.29, 0.717) is 0 Å². The summed E-state index contributed by atoms with van der Waals surface area (Å²) in [5, 5.41) is 6.78. The molecule has 0 saturated heterocycles. The summed E-state index contributed by atoms with van der Waals surface area (Å²) >= 11 is 0. The van der Waals surface area contributed by atoms with Gasteiger partial charge in [-0.25, -0.2) is 0 Å². The van der Waals surface area contributed by atoms with Crippen molar-refractivity contribution >= 4 is 71.7 Å². The molecule has 11 rings (SSSR count). The zero-order valence-corrected chi connectivity index (χ0v) is 29.8. The normalized spacial score (nSPS) is 11.6. The van der Waals surface area contributed by atoms with Crippen molar-refractivity contribution < 1.29 is 8.83 Å². The Hall–Kier alpha value is -7.36. The summed E-state index contributed by atoms with van der Waals surface area (Å²) in [7, 11) is 0. The number of nitrogens with zero attached hydrogens (tertiary/aromatic N) is 1. The molecule has 55 heavy (non-hydrogen) atoms. The maximum absolute atomic E-state index is 6.70. The fourth-order valence-electron chi connectivity index (χ4n) is 8.30. The topological polar surface area (TPSA) is 29.5 Å². The number of para-hydroxylation sites is 2. The third-order valence-electron chi connectivity index (χ3n) is 10.9. The molecule has 2 heterocycles. The van der Waals surface area contributed by atoms with Crippen LogP contribution in [0.1, 0.15) is 0 Å². The minimum Gasteiger partial charge on any atom is -0.456 e. The maximum Gasteiger partial charge on any atom is 0.143 e. The van der Waals surface area contributed by atoms with Crippen LogP contribution in [0, 0.1) is 0 Å². The van der Waals surface area contributed by atoms with E-state index in [0.717, 1.165) is 83.2 Å². The van der Waals surface area contributed by atoms with Crippen molar-refractivity contribution in [2.75, 3.05) is 4.90 Å². The summed E-state index contributed by atoms with van der Waals surface area (Å²) in [5.41, 5.74) is 13.4. The summed E-state index contributed by atoms with van der Waals surface area (Å²) in [6.07, 6.45) is 0. The van der Waals surface area contributed by atoms with Gasteiger partial charge in [0.25, 0.3) is 0 Å². The molecule has 0 fully saturated rings. The smallest absolute Gasteiger partial charge is 0.143 e. The van der Waals surface area contributed by atoms with Gasteiger partial charge in [0.1, 0.15) is 22.3 Å². The molecule has 0 spiro atoms. The van der Waals surface area contributed by atoms with E-state index in [1.807, 2.05) is 12.1 Å². The number of anilines is 3. The third kappa shape index (κ3) is 5.13. The van der Waals surface area contributed by atoms with E-state index in [4.69, 9.17) is 8.83 Å². The van der Waals surface area contributed by atoms with Gasteiger partial charge in [-0.3, -0.25) is 0 Å². The molecule has 0 radical (unpaired) electrons. The Bertz CT molecular complexity index is 3180. The molecule has 258 valence electrons. The van der Waals surface area contributed by atoms with Crippen LogP contribution in [0.4, 0.5) is 17.1 Å². The Morgan fingerprint density at radius 2 is 0.873 bits per heavy atom. The van der Waals surface area contributed by atoms with Gasteiger partial charge in [-0.1, -0.05) is 152 Å². The lowest BCUT2D eigenvalue weighted by atomic mass is 9.95. The van der Waals surface area contributed by atoms with Gasteiger partial charge < -0.3 is 13.7 Å². The van der Waals surface area contributed by atoms with Gasteiger partial charge in [-0.2, -0.15) is 0 Å². The predicted molar refractivity (Wildman–Crippen MR) is 229 cm³/mol. The molecule has 0 aliphatic heterocycles. The van der Waals surface area contributed by atoms with Crippen molar-refractivity contribution in [1.29, 1.82) is 0 Å². The van der Waals surface area contributed by atoms with Crippen LogP contribution in [0.15, 0.2) is 209 Å². The molecule has 0 aliphatic rings. The van der Waals surface area contributed by atoms with E-state index in [9.17, 15) is 0 Å². The first-order valence-electron chi connectivity index (χ1n) is 18.7. The Morgan fingerprint density at radius 1 is 0.309 bits per heavy atom. The SMILES string of the molecule is c1ccc(-c2ccc(N(c3ccc(-c4cccc5c4oc4ccccc45)cc3)c3c(-c4ccccc4)ccc4oc5ccc6ccccc6c5c34)cc2)cc1. The highest BCUT2D eigenvalue weighted by atomic mass is 16.3. The number of benzene rings is 9. The van der Waals surface area contributed by atoms with Crippen LogP contribution in [0.25, 0.3) is 88.0 Å². The first kappa shape index (κ1) is 31.2. The van der Waals surface area contributed by atoms with Gasteiger partial charge in [0.05, 0.1) is 11.1 Å². The van der Waals surface area contributed by atoms with Crippen LogP contribution in [0.5, 0.6) is 0 Å². The standard InChI is InChI=1S/C52H33NO2/c1-3-12-34(13-4-1)35-22-27-39(28-23-35)53(40-29-24-38(25-30-40)43-19-11-20-45-44-18-9-10-21-46(44)55-52(43)45)51-42(36-14-5-2-6-15-36)31-33-48-50(51)49-41-17-8-7-16-37(41)26-32-47(49)54-48/h1-33H. The molecule has 0 aliphatic carbocycles. The van der Waals surface area contributed by atoms with Crippen LogP contribution in [-0.4, -0.2) is 0 Å². The van der Waals surface area contributed by atoms with Crippen molar-refractivity contribution in [1.82, 2.24) is 0 Å². The number of hydrogen-bond acceptors (Lipinski definition) is 3. The molecular weight excluding hydrogens is 671 g/mol. The summed E-state index contributed by atoms with van der Waals surface area (Å²) < 4.78 is 13.2. The highest BCUT2D eigenvalue weighted by molar-refractivity contribution is 6.25. The zero-order chi connectivity index (χ0) is 36.3. The van der Waals surface area contributed by atoms with E-state index < -0.39 is 0 Å². The second-order valence-electron chi connectivity index (χ2n) is 14.0. The van der Waals surface area contributed by atoms with Crippen LogP contribution in [-0.2, 0) is 0 Å². The number of hydrogen-bond donors (Lipinski definition) is 0. The molecule has 0 unspecified atom stereocenters. The number of furan rings is 2. The summed E-state index contributed by atoms with van der Waals surface area (Å²) in [5.74, 6) is 0. The number of rotatable bonds is 6. The highest BCUT2D eigenvalue weighted by Gasteiger charge is 2.25. The lowest BCUT2D eigenvalue weighted by Crippen LogP contribution is -2.12. The van der Waals surface area contributed by atoms with Crippen LogP contribution < -0.4 is 4.90 Å². The largest absolute Gasteiger partial charge is 0.456 e. The predicted octanol–water partition coefficient (Wildman–Crippen LogP) is 15.1. The van der Waals surface area contributed by atoms with Crippen LogP contribution >= 0.6 is 0 Å². The van der Waals surface area contributed by atoms with Crippen LogP contribution in [0.3, 0.4) is 0 Å². The zero-order valence-electron chi connectivity index (χ0n) is 29.8. The monoisotopic (exact) mass is 703 g/mol. The molecule has 3 heteroatoms. The third-order valence-corrected chi connectivity index (χ3v) is 10.9. The summed E-state index contributed by atoms with van der Waals surface area (Å²) in [4.78, 5) is 2.40. The van der Waals surface area contributed by atoms with Crippen molar-refractivity contribution in [2.45, 2.75) is 0 Å². The van der Waals surface area contributed by atoms with E-state index in [2.05, 4.69) is 193 Å². The van der Waals surface area contributed by atoms with Crippen LogP contribution in [0.2, 0.25) is 0 Å². The van der Waals surface area contributed by atoms with Crippen molar-refractivity contribution in [2.24, 2.45) is 0 Å². The molecule has 2 aromatic heterocycles. The molecule has 0 amide bonds. The Balaban J connectivity index is 1.18. The molecule has 3 nitrogen and oxygen atoms in total. The second-order valence-corrected chi connectivity index (χ2v) is 14.0. The average Bonchev–Trinajstić information content (AvgIpc) is 3.84. The molecule has 0 N–H and O–H groups in total. The maximum atomic E-state index is 6.70. The lowest BCUT2D eigenvalue weighted by molar-refractivity contribution is 0.669. The molecule has 0 saturated carbocycles. The highest BCUT2D eigenvalue weighted by Crippen LogP contribution is 2.50. The van der Waals surface area contributed by atoms with Gasteiger partial charge in [0, 0.05) is 38.7 Å². The summed E-state index contributed by atoms with van der Waals surface area (Å²) in [6, 6.07) is 70.9. The van der Waals surface area contributed by atoms with Crippen molar-refractivity contribution in [3.63, 3.8) is 0 Å². The Kier molecular flexibility index (Phi) is 7.17. The van der Waals surface area contributed by atoms with E-state index in [1.54, 1.807) is 0 Å². The molecule has 11 aromatic rings. The minimum atomic E-state index is 0.847. The molecule has 9 aromatic carbocycles. The summed E-state index contributed by atoms with van der Waals surface area (Å²) in [6.45, 7) is 0. The fourth-order valence-corrected chi connectivity index (χ4v) is 8.30. The van der Waals surface area contributed by atoms with E-state index >= 15 is 0 Å². The average molecular weight is 704 g/mol. The minimum absolute atomic E-state index is 0.847. The van der Waals surface area contributed by atoms with Gasteiger partial charge in [-0.05, 0) is 81.6 Å². The number of fused-ring (bicyclic) bond motifs is 8. The molecule has 0 atom stereocenters. The van der Waals surface area contributed by atoms with E-state index in [-0.39, 0.29) is 0 Å². The quantitative estimate of drug-likeness (QED) is 0.173. The van der Waals surface area contributed by atoms with Gasteiger partial charge in [0.2, 0.25) is 0 Å². The first-order valence-corrected chi connectivity index (χ1v) is 18.7. The van der Waals surface area contributed by atoms with E-state index in [1.165, 1.54) is 21.9 Å². The lowest BCUT2D eigenvalue weighted by Gasteiger charge is -2.29. The molecular formula is C52H33NO2. The fraction of sp³-hybridized carbons (Fsp3) is 0. The molecule has 0 bridgehead atoms. The first-order chi connectivity index (χ1) is 27.3. The van der Waals surface area contributed by atoms with Gasteiger partial charge in [-0.15, -0.1) is 0 Å².